The molecule has 0 atom stereocenters. The second kappa shape index (κ2) is 4.77. The summed E-state index contributed by atoms with van der Waals surface area (Å²) in [6.07, 6.45) is 0. The first-order chi connectivity index (χ1) is 7.82. The third-order valence-electron chi connectivity index (χ3n) is 1.94. The molecule has 1 aromatic carbocycles. The van der Waals surface area contributed by atoms with Crippen LogP contribution in [0.3, 0.4) is 0 Å². The fourth-order valence-electron chi connectivity index (χ4n) is 1.05. The standard InChI is InChI=1S/C10H10F2N2O3/c1-14(2)10(17)13-8-4-7(12)6(11)3-5(8)9(15)16/h3-4H,1-2H3,(H,13,17)(H,15,16). The van der Waals surface area contributed by atoms with Gasteiger partial charge >= 0.3 is 12.0 Å². The lowest BCUT2D eigenvalue weighted by molar-refractivity contribution is 0.0697. The van der Waals surface area contributed by atoms with E-state index >= 15 is 0 Å². The number of carbonyl (C=O) groups is 2. The van der Waals surface area contributed by atoms with Gasteiger partial charge in [0.15, 0.2) is 11.6 Å². The fourth-order valence-corrected chi connectivity index (χ4v) is 1.05. The van der Waals surface area contributed by atoms with E-state index in [1.807, 2.05) is 0 Å². The number of rotatable bonds is 2. The zero-order valence-electron chi connectivity index (χ0n) is 9.12. The zero-order chi connectivity index (χ0) is 13.2. The van der Waals surface area contributed by atoms with Gasteiger partial charge in [-0.15, -0.1) is 0 Å². The molecule has 5 nitrogen and oxygen atoms in total. The number of anilines is 1. The number of amides is 2. The van der Waals surface area contributed by atoms with Crippen LogP contribution in [0.1, 0.15) is 10.4 Å². The fraction of sp³-hybridized carbons (Fsp3) is 0.200. The van der Waals surface area contributed by atoms with Gasteiger partial charge < -0.3 is 15.3 Å². The van der Waals surface area contributed by atoms with Crippen LogP contribution in [0.2, 0.25) is 0 Å². The van der Waals surface area contributed by atoms with Crippen molar-refractivity contribution in [1.29, 1.82) is 0 Å². The maximum Gasteiger partial charge on any atom is 0.337 e. The summed E-state index contributed by atoms with van der Waals surface area (Å²) in [5, 5.41) is 10.9. The molecular weight excluding hydrogens is 234 g/mol. The summed E-state index contributed by atoms with van der Waals surface area (Å²) < 4.78 is 25.8. The lowest BCUT2D eigenvalue weighted by atomic mass is 10.1. The summed E-state index contributed by atoms with van der Waals surface area (Å²) in [7, 11) is 2.85. The minimum atomic E-state index is -1.46. The number of hydrogen-bond donors (Lipinski definition) is 2. The highest BCUT2D eigenvalue weighted by Gasteiger charge is 2.17. The minimum absolute atomic E-state index is 0.296. The summed E-state index contributed by atoms with van der Waals surface area (Å²) in [4.78, 5) is 23.2. The predicted molar refractivity (Wildman–Crippen MR) is 56.0 cm³/mol. The molecule has 0 heterocycles. The van der Waals surface area contributed by atoms with E-state index in [0.717, 1.165) is 4.90 Å². The van der Waals surface area contributed by atoms with Crippen molar-refractivity contribution in [3.8, 4) is 0 Å². The average molecular weight is 244 g/mol. The maximum atomic E-state index is 12.9. The van der Waals surface area contributed by atoms with Crippen molar-refractivity contribution in [3.05, 3.63) is 29.3 Å². The summed E-state index contributed by atoms with van der Waals surface area (Å²) in [6.45, 7) is 0. The molecule has 2 N–H and O–H groups in total. The number of urea groups is 1. The van der Waals surface area contributed by atoms with E-state index in [9.17, 15) is 18.4 Å². The number of carboxylic acids is 1. The average Bonchev–Trinajstić information content (AvgIpc) is 2.22. The Morgan fingerprint density at radius 1 is 1.24 bits per heavy atom. The van der Waals surface area contributed by atoms with Crippen LogP contribution in [0.15, 0.2) is 12.1 Å². The first-order valence-corrected chi connectivity index (χ1v) is 4.53. The quantitative estimate of drug-likeness (QED) is 0.832. The van der Waals surface area contributed by atoms with Gasteiger partial charge in [0.25, 0.3) is 0 Å². The van der Waals surface area contributed by atoms with E-state index in [4.69, 9.17) is 5.11 Å². The largest absolute Gasteiger partial charge is 0.478 e. The molecule has 0 fully saturated rings. The Morgan fingerprint density at radius 3 is 2.24 bits per heavy atom. The van der Waals surface area contributed by atoms with E-state index in [1.165, 1.54) is 14.1 Å². The molecule has 0 aliphatic carbocycles. The zero-order valence-corrected chi connectivity index (χ0v) is 9.12. The highest BCUT2D eigenvalue weighted by atomic mass is 19.2. The molecule has 0 spiro atoms. The Hall–Kier alpha value is -2.18. The Balaban J connectivity index is 3.17. The SMILES string of the molecule is CN(C)C(=O)Nc1cc(F)c(F)cc1C(=O)O. The Labute approximate surface area is 95.6 Å². The van der Waals surface area contributed by atoms with Gasteiger partial charge in [-0.2, -0.15) is 0 Å². The van der Waals surface area contributed by atoms with Crippen molar-refractivity contribution >= 4 is 17.7 Å². The second-order valence-electron chi connectivity index (χ2n) is 3.44. The van der Waals surface area contributed by atoms with Gasteiger partial charge in [-0.1, -0.05) is 0 Å². The summed E-state index contributed by atoms with van der Waals surface area (Å²) in [5.41, 5.74) is -0.811. The van der Waals surface area contributed by atoms with Gasteiger partial charge in [0, 0.05) is 20.2 Å². The number of hydrogen-bond acceptors (Lipinski definition) is 2. The molecule has 0 saturated carbocycles. The highest BCUT2D eigenvalue weighted by Crippen LogP contribution is 2.20. The van der Waals surface area contributed by atoms with Crippen molar-refractivity contribution in [1.82, 2.24) is 4.90 Å². The first-order valence-electron chi connectivity index (χ1n) is 4.53. The molecule has 7 heteroatoms. The first kappa shape index (κ1) is 12.9. The molecule has 0 aliphatic heterocycles. The van der Waals surface area contributed by atoms with Crippen molar-refractivity contribution in [2.45, 2.75) is 0 Å². The topological polar surface area (TPSA) is 69.6 Å². The number of nitrogens with zero attached hydrogens (tertiary/aromatic N) is 1. The molecular formula is C10H10F2N2O3. The number of carboxylic acid groups (broad SMARTS) is 1. The van der Waals surface area contributed by atoms with Crippen LogP contribution < -0.4 is 5.32 Å². The van der Waals surface area contributed by atoms with Crippen LogP contribution in [0, 0.1) is 11.6 Å². The van der Waals surface area contributed by atoms with Gasteiger partial charge in [-0.3, -0.25) is 0 Å². The van der Waals surface area contributed by atoms with Crippen LogP contribution in [0.25, 0.3) is 0 Å². The summed E-state index contributed by atoms with van der Waals surface area (Å²) in [6, 6.07) is 0.502. The maximum absolute atomic E-state index is 12.9. The minimum Gasteiger partial charge on any atom is -0.478 e. The predicted octanol–water partition coefficient (Wildman–Crippen LogP) is 1.76. The smallest absolute Gasteiger partial charge is 0.337 e. The number of benzene rings is 1. The summed E-state index contributed by atoms with van der Waals surface area (Å²) >= 11 is 0. The monoisotopic (exact) mass is 244 g/mol. The summed E-state index contributed by atoms with van der Waals surface area (Å²) in [5.74, 6) is -3.98. The van der Waals surface area contributed by atoms with E-state index in [1.54, 1.807) is 0 Å². The number of aromatic carboxylic acids is 1. The molecule has 0 unspecified atom stereocenters. The normalized spacial score (nSPS) is 9.88. The molecule has 0 bridgehead atoms. The van der Waals surface area contributed by atoms with Gasteiger partial charge in [-0.25, -0.2) is 18.4 Å². The van der Waals surface area contributed by atoms with Crippen LogP contribution in [0.5, 0.6) is 0 Å². The van der Waals surface area contributed by atoms with Crippen LogP contribution in [0.4, 0.5) is 19.3 Å². The van der Waals surface area contributed by atoms with Crippen molar-refractivity contribution in [3.63, 3.8) is 0 Å². The highest BCUT2D eigenvalue weighted by molar-refractivity contribution is 5.99. The van der Waals surface area contributed by atoms with Gasteiger partial charge in [0.2, 0.25) is 0 Å². The number of carbonyl (C=O) groups excluding carboxylic acids is 1. The molecule has 1 rings (SSSR count). The molecule has 0 radical (unpaired) electrons. The molecule has 1 aromatic rings. The lowest BCUT2D eigenvalue weighted by Crippen LogP contribution is -2.28. The molecule has 92 valence electrons. The van der Waals surface area contributed by atoms with Crippen molar-refractivity contribution in [2.75, 3.05) is 19.4 Å². The number of halogens is 2. The Morgan fingerprint density at radius 2 is 1.76 bits per heavy atom. The second-order valence-corrected chi connectivity index (χ2v) is 3.44. The Bertz CT molecular complexity index is 475. The Kier molecular flexibility index (Phi) is 3.62. The third-order valence-corrected chi connectivity index (χ3v) is 1.94. The third kappa shape index (κ3) is 2.90. The van der Waals surface area contributed by atoms with E-state index in [0.29, 0.717) is 12.1 Å². The van der Waals surface area contributed by atoms with Gasteiger partial charge in [-0.05, 0) is 6.07 Å². The molecule has 0 aliphatic rings. The molecule has 0 saturated heterocycles. The number of nitrogens with one attached hydrogen (secondary N) is 1. The van der Waals surface area contributed by atoms with Crippen LogP contribution >= 0.6 is 0 Å². The van der Waals surface area contributed by atoms with Gasteiger partial charge in [0.1, 0.15) is 0 Å². The van der Waals surface area contributed by atoms with Crippen LogP contribution in [-0.2, 0) is 0 Å². The van der Waals surface area contributed by atoms with Crippen molar-refractivity contribution < 1.29 is 23.5 Å². The molecule has 2 amide bonds. The van der Waals surface area contributed by atoms with Gasteiger partial charge in [0.05, 0.1) is 11.3 Å². The van der Waals surface area contributed by atoms with E-state index in [-0.39, 0.29) is 5.69 Å². The van der Waals surface area contributed by atoms with Crippen LogP contribution in [-0.4, -0.2) is 36.1 Å². The lowest BCUT2D eigenvalue weighted by Gasteiger charge is -2.13. The van der Waals surface area contributed by atoms with E-state index in [2.05, 4.69) is 5.32 Å². The molecule has 0 aromatic heterocycles. The molecule has 17 heavy (non-hydrogen) atoms. The van der Waals surface area contributed by atoms with Crippen molar-refractivity contribution in [2.24, 2.45) is 0 Å². The van der Waals surface area contributed by atoms with E-state index < -0.39 is 29.2 Å².